The maximum Gasteiger partial charge on any atom is 0.00728 e. The molecule has 0 saturated heterocycles. The van der Waals surface area contributed by atoms with E-state index in [2.05, 4.69) is 13.0 Å². The Kier molecular flexibility index (Phi) is 4.21. The Morgan fingerprint density at radius 1 is 1.29 bits per heavy atom. The Morgan fingerprint density at radius 3 is 2.36 bits per heavy atom. The van der Waals surface area contributed by atoms with Gasteiger partial charge in [-0.2, -0.15) is 0 Å². The lowest BCUT2D eigenvalue weighted by molar-refractivity contribution is 0.254. The standard InChI is InChI=1S/C12H22N2/c1-2-11(6-9-13)12(10-14)7-4-3-5-8-12/h2,6,9H,3-5,7-8,10,13-14H2,1H3/b9-6-,11-2+. The van der Waals surface area contributed by atoms with Crippen LogP contribution in [0.4, 0.5) is 0 Å². The van der Waals surface area contributed by atoms with Crippen LogP contribution in [0.2, 0.25) is 0 Å². The Balaban J connectivity index is 2.85. The molecule has 0 aliphatic heterocycles. The van der Waals surface area contributed by atoms with Gasteiger partial charge in [0.05, 0.1) is 0 Å². The van der Waals surface area contributed by atoms with E-state index in [1.807, 2.05) is 6.08 Å². The van der Waals surface area contributed by atoms with Gasteiger partial charge >= 0.3 is 0 Å². The first-order valence-electron chi connectivity index (χ1n) is 5.54. The first-order valence-corrected chi connectivity index (χ1v) is 5.54. The van der Waals surface area contributed by atoms with Gasteiger partial charge in [0.25, 0.3) is 0 Å². The predicted octanol–water partition coefficient (Wildman–Crippen LogP) is 2.31. The number of hydrogen-bond donors (Lipinski definition) is 2. The minimum absolute atomic E-state index is 0.211. The summed E-state index contributed by atoms with van der Waals surface area (Å²) in [6.45, 7) is 2.82. The van der Waals surface area contributed by atoms with Crippen molar-refractivity contribution < 1.29 is 0 Å². The van der Waals surface area contributed by atoms with Crippen LogP contribution in [0.15, 0.2) is 23.9 Å². The molecular formula is C12H22N2. The highest BCUT2D eigenvalue weighted by Crippen LogP contribution is 2.41. The predicted molar refractivity (Wildman–Crippen MR) is 61.7 cm³/mol. The quantitative estimate of drug-likeness (QED) is 0.677. The van der Waals surface area contributed by atoms with Crippen LogP contribution in [-0.4, -0.2) is 6.54 Å². The van der Waals surface area contributed by atoms with Crippen molar-refractivity contribution in [1.82, 2.24) is 0 Å². The van der Waals surface area contributed by atoms with Crippen molar-refractivity contribution >= 4 is 0 Å². The molecule has 0 heterocycles. The number of hydrogen-bond acceptors (Lipinski definition) is 2. The molecule has 1 rings (SSSR count). The van der Waals surface area contributed by atoms with Gasteiger partial charge in [0.15, 0.2) is 0 Å². The molecule has 80 valence electrons. The van der Waals surface area contributed by atoms with Gasteiger partial charge in [-0.3, -0.25) is 0 Å². The molecule has 0 aromatic rings. The second kappa shape index (κ2) is 5.20. The summed E-state index contributed by atoms with van der Waals surface area (Å²) >= 11 is 0. The number of nitrogens with two attached hydrogens (primary N) is 2. The summed E-state index contributed by atoms with van der Waals surface area (Å²) in [5, 5.41) is 0. The maximum absolute atomic E-state index is 5.93. The average molecular weight is 194 g/mol. The summed E-state index contributed by atoms with van der Waals surface area (Å²) in [6, 6.07) is 0. The normalized spacial score (nSPS) is 22.9. The molecule has 0 atom stereocenters. The summed E-state index contributed by atoms with van der Waals surface area (Å²) in [6.07, 6.45) is 12.2. The second-order valence-corrected chi connectivity index (χ2v) is 4.15. The molecule has 1 aliphatic carbocycles. The van der Waals surface area contributed by atoms with Crippen LogP contribution < -0.4 is 11.5 Å². The zero-order chi connectivity index (χ0) is 10.4. The molecule has 1 aliphatic rings. The van der Waals surface area contributed by atoms with Gasteiger partial charge in [0, 0.05) is 12.0 Å². The molecule has 14 heavy (non-hydrogen) atoms. The SMILES string of the molecule is C/C=C(\C=C/N)C1(CN)CCCCC1. The van der Waals surface area contributed by atoms with Crippen molar-refractivity contribution in [2.24, 2.45) is 16.9 Å². The molecule has 0 radical (unpaired) electrons. The van der Waals surface area contributed by atoms with Crippen molar-refractivity contribution in [2.45, 2.75) is 39.0 Å². The van der Waals surface area contributed by atoms with E-state index in [1.165, 1.54) is 37.7 Å². The zero-order valence-electron chi connectivity index (χ0n) is 9.13. The fourth-order valence-corrected chi connectivity index (χ4v) is 2.52. The Bertz CT molecular complexity index is 222. The summed E-state index contributed by atoms with van der Waals surface area (Å²) in [4.78, 5) is 0. The number of rotatable bonds is 3. The fraction of sp³-hybridized carbons (Fsp3) is 0.667. The molecule has 0 unspecified atom stereocenters. The van der Waals surface area contributed by atoms with E-state index in [1.54, 1.807) is 6.20 Å². The molecule has 0 spiro atoms. The summed E-state index contributed by atoms with van der Waals surface area (Å²) in [7, 11) is 0. The van der Waals surface area contributed by atoms with E-state index in [-0.39, 0.29) is 5.41 Å². The molecule has 2 heteroatoms. The topological polar surface area (TPSA) is 52.0 Å². The lowest BCUT2D eigenvalue weighted by atomic mass is 9.69. The van der Waals surface area contributed by atoms with Crippen LogP contribution in [0.3, 0.4) is 0 Å². The zero-order valence-corrected chi connectivity index (χ0v) is 9.13. The highest BCUT2D eigenvalue weighted by Gasteiger charge is 2.32. The molecule has 0 aromatic carbocycles. The molecule has 0 amide bonds. The van der Waals surface area contributed by atoms with Crippen LogP contribution >= 0.6 is 0 Å². The molecule has 0 bridgehead atoms. The largest absolute Gasteiger partial charge is 0.405 e. The average Bonchev–Trinajstić information content (AvgIpc) is 2.27. The highest BCUT2D eigenvalue weighted by atomic mass is 14.6. The minimum atomic E-state index is 0.211. The smallest absolute Gasteiger partial charge is 0.00728 e. The lowest BCUT2D eigenvalue weighted by Crippen LogP contribution is -2.34. The van der Waals surface area contributed by atoms with Crippen molar-refractivity contribution in [3.05, 3.63) is 23.9 Å². The monoisotopic (exact) mass is 194 g/mol. The van der Waals surface area contributed by atoms with Gasteiger partial charge in [-0.15, -0.1) is 0 Å². The van der Waals surface area contributed by atoms with Gasteiger partial charge in [-0.05, 0) is 37.6 Å². The van der Waals surface area contributed by atoms with Gasteiger partial charge in [-0.1, -0.05) is 25.3 Å². The second-order valence-electron chi connectivity index (χ2n) is 4.15. The maximum atomic E-state index is 5.93. The molecule has 1 fully saturated rings. The molecule has 4 N–H and O–H groups in total. The molecule has 2 nitrogen and oxygen atoms in total. The van der Waals surface area contributed by atoms with Gasteiger partial charge < -0.3 is 11.5 Å². The summed E-state index contributed by atoms with van der Waals surface area (Å²) in [5.41, 5.74) is 12.9. The Morgan fingerprint density at radius 2 is 1.93 bits per heavy atom. The minimum Gasteiger partial charge on any atom is -0.405 e. The van der Waals surface area contributed by atoms with Crippen LogP contribution in [0, 0.1) is 5.41 Å². The first kappa shape index (κ1) is 11.3. The van der Waals surface area contributed by atoms with E-state index in [0.29, 0.717) is 0 Å². The van der Waals surface area contributed by atoms with Crippen molar-refractivity contribution in [2.75, 3.05) is 6.54 Å². The van der Waals surface area contributed by atoms with Crippen molar-refractivity contribution in [3.63, 3.8) is 0 Å². The van der Waals surface area contributed by atoms with Crippen molar-refractivity contribution in [3.8, 4) is 0 Å². The first-order chi connectivity index (χ1) is 6.79. The van der Waals surface area contributed by atoms with Gasteiger partial charge in [-0.25, -0.2) is 0 Å². The molecule has 1 saturated carbocycles. The van der Waals surface area contributed by atoms with Crippen LogP contribution in [0.1, 0.15) is 39.0 Å². The summed E-state index contributed by atoms with van der Waals surface area (Å²) < 4.78 is 0. The van der Waals surface area contributed by atoms with E-state index >= 15 is 0 Å². The fourth-order valence-electron chi connectivity index (χ4n) is 2.52. The van der Waals surface area contributed by atoms with E-state index in [4.69, 9.17) is 11.5 Å². The molecule has 0 aromatic heterocycles. The Labute approximate surface area is 87.0 Å². The van der Waals surface area contributed by atoms with Gasteiger partial charge in [0.1, 0.15) is 0 Å². The lowest BCUT2D eigenvalue weighted by Gasteiger charge is -2.37. The Hall–Kier alpha value is -0.760. The van der Waals surface area contributed by atoms with Crippen LogP contribution in [0.25, 0.3) is 0 Å². The van der Waals surface area contributed by atoms with E-state index in [0.717, 1.165) is 6.54 Å². The van der Waals surface area contributed by atoms with E-state index < -0.39 is 0 Å². The van der Waals surface area contributed by atoms with Crippen LogP contribution in [0.5, 0.6) is 0 Å². The third-order valence-electron chi connectivity index (χ3n) is 3.40. The highest BCUT2D eigenvalue weighted by molar-refractivity contribution is 5.27. The molecular weight excluding hydrogens is 172 g/mol. The third kappa shape index (κ3) is 2.18. The van der Waals surface area contributed by atoms with Crippen LogP contribution in [-0.2, 0) is 0 Å². The summed E-state index contributed by atoms with van der Waals surface area (Å²) in [5.74, 6) is 0. The third-order valence-corrected chi connectivity index (χ3v) is 3.40. The van der Waals surface area contributed by atoms with E-state index in [9.17, 15) is 0 Å². The number of allylic oxidation sites excluding steroid dienone is 2. The van der Waals surface area contributed by atoms with Gasteiger partial charge in [0.2, 0.25) is 0 Å². The van der Waals surface area contributed by atoms with Crippen molar-refractivity contribution in [1.29, 1.82) is 0 Å².